The van der Waals surface area contributed by atoms with Crippen LogP contribution in [0.5, 0.6) is 0 Å². The number of fused-ring (bicyclic) bond motifs is 1. The Labute approximate surface area is 316 Å². The lowest BCUT2D eigenvalue weighted by Crippen LogP contribution is -2.37. The van der Waals surface area contributed by atoms with Crippen molar-refractivity contribution >= 4 is 46.9 Å². The number of Topliss-reactive ketones (excluding diaryl/α,β-unsaturated/α-hetero) is 1. The third-order valence-corrected chi connectivity index (χ3v) is 8.70. The van der Waals surface area contributed by atoms with Crippen LogP contribution in [-0.2, 0) is 27.6 Å². The Bertz CT molecular complexity index is 2420. The molecule has 4 aromatic carbocycles. The Hall–Kier alpha value is -6.99. The molecule has 3 amide bonds. The zero-order valence-corrected chi connectivity index (χ0v) is 30.5. The monoisotopic (exact) mass is 738 g/mol. The number of carbonyl (C=O) groups excluding carboxylic acids is 4. The predicted octanol–water partition coefficient (Wildman–Crippen LogP) is 5.98. The van der Waals surface area contributed by atoms with E-state index in [1.807, 2.05) is 51.1 Å². The molecule has 6 aromatic rings. The van der Waals surface area contributed by atoms with E-state index in [-0.39, 0.29) is 46.7 Å². The van der Waals surface area contributed by atoms with Crippen LogP contribution < -0.4 is 15.9 Å². The zero-order chi connectivity index (χ0) is 38.9. The second-order valence-corrected chi connectivity index (χ2v) is 12.4. The Morgan fingerprint density at radius 3 is 2.27 bits per heavy atom. The molecule has 0 saturated heterocycles. The van der Waals surface area contributed by atoms with Crippen LogP contribution in [0.4, 0.5) is 5.69 Å². The van der Waals surface area contributed by atoms with E-state index in [1.165, 1.54) is 12.3 Å². The summed E-state index contributed by atoms with van der Waals surface area (Å²) in [5, 5.41) is 3.42. The lowest BCUT2D eigenvalue weighted by molar-refractivity contribution is -0.121. The predicted molar refractivity (Wildman–Crippen MR) is 207 cm³/mol. The first-order chi connectivity index (χ1) is 26.7. The van der Waals surface area contributed by atoms with E-state index in [9.17, 15) is 24.0 Å². The van der Waals surface area contributed by atoms with Gasteiger partial charge in [-0.05, 0) is 56.2 Å². The third kappa shape index (κ3) is 8.80. The number of aromatic nitrogens is 3. The van der Waals surface area contributed by atoms with Crippen molar-refractivity contribution in [1.29, 1.82) is 0 Å². The van der Waals surface area contributed by atoms with Gasteiger partial charge >= 0.3 is 0 Å². The van der Waals surface area contributed by atoms with Gasteiger partial charge in [0.2, 0.25) is 12.3 Å². The summed E-state index contributed by atoms with van der Waals surface area (Å²) in [4.78, 5) is 83.4. The first kappa shape index (κ1) is 37.8. The maximum Gasteiger partial charge on any atom is 0.280 e. The van der Waals surface area contributed by atoms with Crippen molar-refractivity contribution in [3.05, 3.63) is 154 Å². The minimum Gasteiger partial charge on any atom is -0.433 e. The highest BCUT2D eigenvalue weighted by atomic mass is 16.7. The van der Waals surface area contributed by atoms with Crippen molar-refractivity contribution in [2.45, 2.75) is 33.9 Å². The van der Waals surface area contributed by atoms with Crippen LogP contribution in [0.15, 0.2) is 124 Å². The largest absolute Gasteiger partial charge is 0.433 e. The van der Waals surface area contributed by atoms with Crippen molar-refractivity contribution in [3.63, 3.8) is 0 Å². The number of nitrogens with zero attached hydrogens (tertiary/aromatic N) is 5. The molecular weight excluding hydrogens is 700 g/mol. The van der Waals surface area contributed by atoms with E-state index in [2.05, 4.69) is 15.3 Å². The van der Waals surface area contributed by atoms with Crippen LogP contribution in [0, 0.1) is 6.92 Å². The quantitative estimate of drug-likeness (QED) is 0.0580. The smallest absolute Gasteiger partial charge is 0.280 e. The second kappa shape index (κ2) is 17.2. The number of hydrogen-bond donors (Lipinski definition) is 1. The van der Waals surface area contributed by atoms with E-state index in [1.54, 1.807) is 77.7 Å². The van der Waals surface area contributed by atoms with Crippen LogP contribution >= 0.6 is 0 Å². The molecule has 2 heterocycles. The average molecular weight is 739 g/mol. The fourth-order valence-electron chi connectivity index (χ4n) is 5.76. The molecule has 0 aliphatic carbocycles. The number of nitrogens with one attached hydrogen (secondary N) is 1. The highest BCUT2D eigenvalue weighted by Crippen LogP contribution is 2.22. The van der Waals surface area contributed by atoms with Gasteiger partial charge in [0, 0.05) is 24.2 Å². The fourth-order valence-corrected chi connectivity index (χ4v) is 5.76. The van der Waals surface area contributed by atoms with Crippen LogP contribution in [0.1, 0.15) is 51.6 Å². The van der Waals surface area contributed by atoms with Gasteiger partial charge in [-0.25, -0.2) is 9.97 Å². The number of hydrogen-bond acceptors (Lipinski definition) is 9. The molecule has 13 heteroatoms. The van der Waals surface area contributed by atoms with Gasteiger partial charge in [-0.1, -0.05) is 90.5 Å². The summed E-state index contributed by atoms with van der Waals surface area (Å²) in [6, 6.07) is 29.8. The van der Waals surface area contributed by atoms with Gasteiger partial charge in [0.05, 0.1) is 11.9 Å². The van der Waals surface area contributed by atoms with Gasteiger partial charge < -0.3 is 14.6 Å². The van der Waals surface area contributed by atoms with E-state index in [0.717, 1.165) is 20.8 Å². The summed E-state index contributed by atoms with van der Waals surface area (Å²) >= 11 is 0. The van der Waals surface area contributed by atoms with E-state index in [4.69, 9.17) is 9.25 Å². The normalized spacial score (nSPS) is 11.3. The molecule has 2 aromatic heterocycles. The van der Waals surface area contributed by atoms with Crippen molar-refractivity contribution in [1.82, 2.24) is 24.8 Å². The number of aryl methyl sites for hydroxylation is 1. The summed E-state index contributed by atoms with van der Waals surface area (Å²) in [5.41, 5.74) is 2.65. The first-order valence-electron chi connectivity index (χ1n) is 17.6. The number of ketones is 1. The topological polar surface area (TPSA) is 157 Å². The summed E-state index contributed by atoms with van der Waals surface area (Å²) in [6.07, 6.45) is 3.03. The van der Waals surface area contributed by atoms with Gasteiger partial charge in [0.1, 0.15) is 24.5 Å². The third-order valence-electron chi connectivity index (χ3n) is 8.70. The van der Waals surface area contributed by atoms with E-state index < -0.39 is 23.8 Å². The van der Waals surface area contributed by atoms with Crippen molar-refractivity contribution in [2.75, 3.05) is 18.2 Å². The summed E-state index contributed by atoms with van der Waals surface area (Å²) in [7, 11) is 0. The number of carbonyl (C=O) groups is 4. The van der Waals surface area contributed by atoms with Crippen LogP contribution in [0.25, 0.3) is 28.6 Å². The standard InChI is InChI=1S/C42H38N6O7/c1-4-46(5-2)41(52)32-20-21-36-33(23-32)45-40(55-36)38(51)34(22-29-12-8-6-9-13-29)44-37(50)25-47-39(31-18-16-28(3)17-19-31)43-24-35(42(47)53)48(27-49)54-26-30-14-10-7-11-15-30/h6-24,27H,4-5,25-26H2,1-3H3,(H,44,50). The second-order valence-electron chi connectivity index (χ2n) is 12.4. The summed E-state index contributed by atoms with van der Waals surface area (Å²) in [5.74, 6) is -1.85. The molecule has 0 radical (unpaired) electrons. The lowest BCUT2D eigenvalue weighted by Gasteiger charge is -2.19. The SMILES string of the molecule is CCN(CC)C(=O)c1ccc2oc(C(=O)C(=Cc3ccccc3)NC(=O)Cn3c(-c4ccc(C)cc4)ncc(N(C=O)OCc4ccccc4)c3=O)nc2c1. The Morgan fingerprint density at radius 1 is 0.909 bits per heavy atom. The van der Waals surface area contributed by atoms with E-state index >= 15 is 0 Å². The van der Waals surface area contributed by atoms with Crippen molar-refractivity contribution < 1.29 is 28.4 Å². The lowest BCUT2D eigenvalue weighted by atomic mass is 10.1. The number of benzene rings is 4. The van der Waals surface area contributed by atoms with Gasteiger partial charge in [-0.3, -0.25) is 33.4 Å². The number of anilines is 1. The van der Waals surface area contributed by atoms with Crippen LogP contribution in [-0.4, -0.2) is 56.5 Å². The minimum absolute atomic E-state index is 0.0155. The van der Waals surface area contributed by atoms with Gasteiger partial charge in [-0.2, -0.15) is 5.06 Å². The Kier molecular flexibility index (Phi) is 11.8. The Balaban J connectivity index is 1.33. The number of hydroxylamine groups is 1. The number of oxazole rings is 1. The molecule has 6 rings (SSSR count). The minimum atomic E-state index is -0.754. The van der Waals surface area contributed by atoms with Crippen molar-refractivity contribution in [2.24, 2.45) is 0 Å². The maximum absolute atomic E-state index is 14.1. The fraction of sp³-hybridized carbons (Fsp3) is 0.167. The zero-order valence-electron chi connectivity index (χ0n) is 30.5. The van der Waals surface area contributed by atoms with Crippen molar-refractivity contribution in [3.8, 4) is 11.4 Å². The van der Waals surface area contributed by atoms with Crippen LogP contribution in [0.2, 0.25) is 0 Å². The van der Waals surface area contributed by atoms with Crippen LogP contribution in [0.3, 0.4) is 0 Å². The molecule has 55 heavy (non-hydrogen) atoms. The maximum atomic E-state index is 14.1. The Morgan fingerprint density at radius 2 is 1.60 bits per heavy atom. The highest BCUT2D eigenvalue weighted by molar-refractivity contribution is 6.11. The molecule has 13 nitrogen and oxygen atoms in total. The molecule has 0 atom stereocenters. The molecule has 0 spiro atoms. The van der Waals surface area contributed by atoms with E-state index in [0.29, 0.717) is 36.2 Å². The number of rotatable bonds is 15. The molecular formula is C42H38N6O7. The molecule has 0 bridgehead atoms. The molecule has 1 N–H and O–H groups in total. The number of amides is 3. The molecule has 278 valence electrons. The van der Waals surface area contributed by atoms with Gasteiger partial charge in [0.15, 0.2) is 11.3 Å². The highest BCUT2D eigenvalue weighted by Gasteiger charge is 2.25. The molecule has 0 saturated carbocycles. The molecule has 0 unspecified atom stereocenters. The molecule has 0 aliphatic rings. The summed E-state index contributed by atoms with van der Waals surface area (Å²) in [6.45, 7) is 6.12. The first-order valence-corrected chi connectivity index (χ1v) is 17.6. The summed E-state index contributed by atoms with van der Waals surface area (Å²) < 4.78 is 6.92. The average Bonchev–Trinajstić information content (AvgIpc) is 3.64. The van der Waals surface area contributed by atoms with Gasteiger partial charge in [-0.15, -0.1) is 0 Å². The van der Waals surface area contributed by atoms with Gasteiger partial charge in [0.25, 0.3) is 23.1 Å². The number of allylic oxidation sites excluding steroid dienone is 1. The molecule has 0 aliphatic heterocycles. The molecule has 0 fully saturated rings.